The third kappa shape index (κ3) is 2.04. The van der Waals surface area contributed by atoms with Crippen LogP contribution in [0.1, 0.15) is 29.5 Å². The van der Waals surface area contributed by atoms with E-state index in [9.17, 15) is 0 Å². The Morgan fingerprint density at radius 3 is 2.60 bits per heavy atom. The lowest BCUT2D eigenvalue weighted by Crippen LogP contribution is -1.96. The molecule has 0 saturated carbocycles. The minimum Gasteiger partial charge on any atom is -0.0984 e. The number of hydrogen-bond acceptors (Lipinski definition) is 0. The second-order valence-corrected chi connectivity index (χ2v) is 5.04. The first-order valence-electron chi connectivity index (χ1n) is 7.02. The summed E-state index contributed by atoms with van der Waals surface area (Å²) < 4.78 is 0. The molecule has 0 N–H and O–H groups in total. The molecule has 98 valence electrons. The van der Waals surface area contributed by atoms with Gasteiger partial charge in [-0.2, -0.15) is 0 Å². The van der Waals surface area contributed by atoms with Gasteiger partial charge in [0, 0.05) is 0 Å². The summed E-state index contributed by atoms with van der Waals surface area (Å²) in [5.41, 5.74) is 5.06. The monoisotopic (exact) mass is 258 g/mol. The van der Waals surface area contributed by atoms with E-state index in [1.807, 2.05) is 12.2 Å². The van der Waals surface area contributed by atoms with Crippen LogP contribution in [-0.2, 0) is 0 Å². The lowest BCUT2D eigenvalue weighted by Gasteiger charge is -2.18. The van der Waals surface area contributed by atoms with Crippen LogP contribution in [0.4, 0.5) is 0 Å². The smallest absolute Gasteiger partial charge is 0.00674 e. The normalized spacial score (nSPS) is 14.1. The second-order valence-electron chi connectivity index (χ2n) is 5.04. The van der Waals surface area contributed by atoms with Crippen molar-refractivity contribution < 1.29 is 0 Å². The summed E-state index contributed by atoms with van der Waals surface area (Å²) in [6.45, 7) is 7.96. The van der Waals surface area contributed by atoms with Crippen molar-refractivity contribution in [1.82, 2.24) is 0 Å². The first-order chi connectivity index (χ1) is 9.85. The highest BCUT2D eigenvalue weighted by Gasteiger charge is 2.14. The Bertz CT molecular complexity index is 742. The maximum Gasteiger partial charge on any atom is -0.00674 e. The van der Waals surface area contributed by atoms with Gasteiger partial charge in [0.2, 0.25) is 0 Å². The van der Waals surface area contributed by atoms with E-state index in [1.54, 1.807) is 0 Å². The van der Waals surface area contributed by atoms with Gasteiger partial charge in [-0.05, 0) is 51.9 Å². The minimum absolute atomic E-state index is 1.09. The van der Waals surface area contributed by atoms with Gasteiger partial charge in [0.1, 0.15) is 0 Å². The van der Waals surface area contributed by atoms with E-state index >= 15 is 0 Å². The van der Waals surface area contributed by atoms with Crippen molar-refractivity contribution in [2.45, 2.75) is 12.8 Å². The van der Waals surface area contributed by atoms with Gasteiger partial charge >= 0.3 is 0 Å². The highest BCUT2D eigenvalue weighted by molar-refractivity contribution is 6.00. The van der Waals surface area contributed by atoms with Gasteiger partial charge in [-0.25, -0.2) is 0 Å². The third-order valence-corrected chi connectivity index (χ3v) is 3.88. The molecule has 20 heavy (non-hydrogen) atoms. The predicted molar refractivity (Wildman–Crippen MR) is 90.5 cm³/mol. The van der Waals surface area contributed by atoms with Crippen LogP contribution in [0.5, 0.6) is 0 Å². The Morgan fingerprint density at radius 1 is 1.05 bits per heavy atom. The van der Waals surface area contributed by atoms with Gasteiger partial charge in [0.05, 0.1) is 0 Å². The molecule has 0 fully saturated rings. The van der Waals surface area contributed by atoms with Crippen LogP contribution in [0.2, 0.25) is 0 Å². The van der Waals surface area contributed by atoms with Gasteiger partial charge in [-0.15, -0.1) is 0 Å². The quantitative estimate of drug-likeness (QED) is 0.647. The molecule has 0 radical (unpaired) electrons. The lowest BCUT2D eigenvalue weighted by atomic mass is 9.86. The Morgan fingerprint density at radius 2 is 1.90 bits per heavy atom. The molecule has 0 heteroatoms. The topological polar surface area (TPSA) is 0 Å². The van der Waals surface area contributed by atoms with Crippen LogP contribution in [0, 0.1) is 0 Å². The molecule has 0 spiro atoms. The van der Waals surface area contributed by atoms with Gasteiger partial charge in [0.25, 0.3) is 0 Å². The van der Waals surface area contributed by atoms with Crippen molar-refractivity contribution >= 4 is 28.5 Å². The fourth-order valence-electron chi connectivity index (χ4n) is 2.93. The molecule has 0 saturated heterocycles. The standard InChI is InChI=1S/C20H18/c1-3-15-14-17-12-8-9-13-19(17)20(18(15)4-2)16-10-6-5-7-11-16/h3-6,8-10,12-14H,1-2,7,11H2. The molecule has 0 aliphatic heterocycles. The molecule has 2 aromatic carbocycles. The first kappa shape index (κ1) is 12.7. The van der Waals surface area contributed by atoms with Gasteiger partial charge in [-0.1, -0.05) is 67.8 Å². The molecule has 0 bridgehead atoms. The first-order valence-corrected chi connectivity index (χ1v) is 7.02. The molecule has 2 aromatic rings. The average Bonchev–Trinajstić information content (AvgIpc) is 2.53. The predicted octanol–water partition coefficient (Wildman–Crippen LogP) is 5.86. The molecular weight excluding hydrogens is 240 g/mol. The molecule has 1 aliphatic carbocycles. The van der Waals surface area contributed by atoms with Crippen LogP contribution in [-0.4, -0.2) is 0 Å². The molecule has 0 heterocycles. The second kappa shape index (κ2) is 5.34. The van der Waals surface area contributed by atoms with E-state index in [0.717, 1.165) is 18.4 Å². The maximum absolute atomic E-state index is 4.01. The van der Waals surface area contributed by atoms with Crippen molar-refractivity contribution in [3.63, 3.8) is 0 Å². The molecule has 0 nitrogen and oxygen atoms in total. The molecular formula is C20H18. The zero-order chi connectivity index (χ0) is 13.9. The number of allylic oxidation sites excluding steroid dienone is 4. The minimum atomic E-state index is 1.09. The van der Waals surface area contributed by atoms with E-state index in [4.69, 9.17) is 0 Å². The van der Waals surface area contributed by atoms with E-state index < -0.39 is 0 Å². The van der Waals surface area contributed by atoms with Crippen molar-refractivity contribution in [3.8, 4) is 0 Å². The van der Waals surface area contributed by atoms with Gasteiger partial charge in [-0.3, -0.25) is 0 Å². The van der Waals surface area contributed by atoms with Crippen LogP contribution in [0.15, 0.2) is 61.7 Å². The number of hydrogen-bond donors (Lipinski definition) is 0. The lowest BCUT2D eigenvalue weighted by molar-refractivity contribution is 1.06. The van der Waals surface area contributed by atoms with E-state index in [0.29, 0.717) is 0 Å². The number of rotatable bonds is 3. The summed E-state index contributed by atoms with van der Waals surface area (Å²) in [5.74, 6) is 0. The van der Waals surface area contributed by atoms with Crippen LogP contribution < -0.4 is 0 Å². The van der Waals surface area contributed by atoms with E-state index in [2.05, 4.69) is 61.7 Å². The Hall–Kier alpha value is -2.34. The van der Waals surface area contributed by atoms with Crippen molar-refractivity contribution in [3.05, 3.63) is 78.4 Å². The molecule has 0 atom stereocenters. The number of fused-ring (bicyclic) bond motifs is 1. The maximum atomic E-state index is 4.01. The Balaban J connectivity index is 2.41. The van der Waals surface area contributed by atoms with E-state index in [1.165, 1.54) is 27.5 Å². The SMILES string of the molecule is C=Cc1cc2ccccc2c(C2=CC=CCC2)c1C=C. The molecule has 3 rings (SSSR count). The summed E-state index contributed by atoms with van der Waals surface area (Å²) in [4.78, 5) is 0. The largest absolute Gasteiger partial charge is 0.0984 e. The highest BCUT2D eigenvalue weighted by atomic mass is 14.2. The fourth-order valence-corrected chi connectivity index (χ4v) is 2.93. The molecule has 0 aromatic heterocycles. The Kier molecular flexibility index (Phi) is 3.39. The van der Waals surface area contributed by atoms with Crippen molar-refractivity contribution in [1.29, 1.82) is 0 Å². The fraction of sp³-hybridized carbons (Fsp3) is 0.100. The zero-order valence-corrected chi connectivity index (χ0v) is 11.6. The molecule has 0 amide bonds. The van der Waals surface area contributed by atoms with Gasteiger partial charge < -0.3 is 0 Å². The zero-order valence-electron chi connectivity index (χ0n) is 11.6. The van der Waals surface area contributed by atoms with Crippen LogP contribution in [0.3, 0.4) is 0 Å². The van der Waals surface area contributed by atoms with Crippen molar-refractivity contribution in [2.24, 2.45) is 0 Å². The summed E-state index contributed by atoms with van der Waals surface area (Å²) in [5, 5.41) is 2.56. The summed E-state index contributed by atoms with van der Waals surface area (Å²) in [6, 6.07) is 10.7. The number of benzene rings is 2. The van der Waals surface area contributed by atoms with Crippen molar-refractivity contribution in [2.75, 3.05) is 0 Å². The summed E-state index contributed by atoms with van der Waals surface area (Å²) in [6.07, 6.45) is 12.7. The van der Waals surface area contributed by atoms with Crippen LogP contribution >= 0.6 is 0 Å². The Labute approximate surface area is 120 Å². The van der Waals surface area contributed by atoms with Gasteiger partial charge in [0.15, 0.2) is 0 Å². The molecule has 1 aliphatic rings. The highest BCUT2D eigenvalue weighted by Crippen LogP contribution is 2.36. The molecule has 0 unspecified atom stereocenters. The average molecular weight is 258 g/mol. The third-order valence-electron chi connectivity index (χ3n) is 3.88. The summed E-state index contributed by atoms with van der Waals surface area (Å²) >= 11 is 0. The van der Waals surface area contributed by atoms with Crippen LogP contribution in [0.25, 0.3) is 28.5 Å². The van der Waals surface area contributed by atoms with E-state index in [-0.39, 0.29) is 0 Å². The summed E-state index contributed by atoms with van der Waals surface area (Å²) in [7, 11) is 0.